The Morgan fingerprint density at radius 2 is 1.56 bits per heavy atom. The molecule has 1 unspecified atom stereocenters. The molecule has 0 aromatic heterocycles. The summed E-state index contributed by atoms with van der Waals surface area (Å²) < 4.78 is 0. The summed E-state index contributed by atoms with van der Waals surface area (Å²) in [6.07, 6.45) is 4.07. The number of fused-ring (bicyclic) bond motifs is 5. The van der Waals surface area contributed by atoms with E-state index in [0.29, 0.717) is 30.6 Å². The van der Waals surface area contributed by atoms with Crippen molar-refractivity contribution in [3.8, 4) is 0 Å². The maximum absolute atomic E-state index is 12.4. The zero-order valence-electron chi connectivity index (χ0n) is 22.3. The molecule has 0 aromatic carbocycles. The van der Waals surface area contributed by atoms with Crippen LogP contribution >= 0.6 is 0 Å². The summed E-state index contributed by atoms with van der Waals surface area (Å²) in [5.74, 6) is -0.292. The number of carbonyl (C=O) groups excluding carboxylic acids is 1. The average molecular weight is 510 g/mol. The molecule has 0 spiro atoms. The Morgan fingerprint density at radius 3 is 2.19 bits per heavy atom. The van der Waals surface area contributed by atoms with E-state index in [9.17, 15) is 35.1 Å². The maximum Gasteiger partial charge on any atom is 0.328 e. The van der Waals surface area contributed by atoms with Crippen molar-refractivity contribution in [2.75, 3.05) is 0 Å². The van der Waals surface area contributed by atoms with Gasteiger partial charge in [-0.25, -0.2) is 4.79 Å². The van der Waals surface area contributed by atoms with Gasteiger partial charge in [-0.2, -0.15) is 0 Å². The summed E-state index contributed by atoms with van der Waals surface area (Å²) >= 11 is 0. The van der Waals surface area contributed by atoms with Gasteiger partial charge in [0.05, 0.1) is 24.4 Å². The molecule has 4 aliphatic carbocycles. The molecular weight excluding hydrogens is 462 g/mol. The second kappa shape index (κ2) is 10.2. The Bertz CT molecular complexity index is 835. The van der Waals surface area contributed by atoms with E-state index in [1.165, 1.54) is 6.92 Å². The number of aliphatic hydroxyl groups is 4. The molecule has 4 rings (SSSR count). The number of nitrogens with one attached hydrogen (secondary N) is 1. The quantitative estimate of drug-likeness (QED) is 0.309. The topological polar surface area (TPSA) is 147 Å². The molecule has 0 saturated heterocycles. The molecule has 206 valence electrons. The third-order valence-electron chi connectivity index (χ3n) is 11.4. The van der Waals surface area contributed by atoms with Gasteiger partial charge in [0.2, 0.25) is 5.91 Å². The van der Waals surface area contributed by atoms with E-state index in [0.717, 1.165) is 38.5 Å². The Kier molecular flexibility index (Phi) is 7.84. The van der Waals surface area contributed by atoms with Crippen LogP contribution in [0, 0.1) is 46.3 Å². The molecule has 8 nitrogen and oxygen atoms in total. The van der Waals surface area contributed by atoms with E-state index in [-0.39, 0.29) is 40.9 Å². The van der Waals surface area contributed by atoms with Crippen molar-refractivity contribution in [3.05, 3.63) is 0 Å². The average Bonchev–Trinajstić information content (AvgIpc) is 3.17. The molecule has 8 heteroatoms. The number of hydrogen-bond donors (Lipinski definition) is 6. The van der Waals surface area contributed by atoms with Crippen molar-refractivity contribution in [1.29, 1.82) is 0 Å². The predicted octanol–water partition coefficient (Wildman–Crippen LogP) is 2.31. The summed E-state index contributed by atoms with van der Waals surface area (Å²) in [5.41, 5.74) is -0.0332. The molecule has 1 amide bonds. The van der Waals surface area contributed by atoms with Crippen LogP contribution in [0.15, 0.2) is 0 Å². The number of aliphatic hydroxyl groups excluding tert-OH is 4. The van der Waals surface area contributed by atoms with E-state index in [2.05, 4.69) is 26.1 Å². The zero-order valence-corrected chi connectivity index (χ0v) is 22.3. The normalized spacial score (nSPS) is 46.6. The lowest BCUT2D eigenvalue weighted by atomic mass is 9.43. The van der Waals surface area contributed by atoms with Gasteiger partial charge in [0, 0.05) is 6.42 Å². The van der Waals surface area contributed by atoms with Gasteiger partial charge in [0.25, 0.3) is 0 Å². The molecule has 0 bridgehead atoms. The van der Waals surface area contributed by atoms with Crippen molar-refractivity contribution >= 4 is 11.9 Å². The molecular formula is C28H47NO7. The number of aliphatic carboxylic acids is 1. The predicted molar refractivity (Wildman–Crippen MR) is 134 cm³/mol. The highest BCUT2D eigenvalue weighted by atomic mass is 16.4. The van der Waals surface area contributed by atoms with Crippen molar-refractivity contribution in [3.63, 3.8) is 0 Å². The Hall–Kier alpha value is -1.22. The number of carboxylic acid groups (broad SMARTS) is 1. The Labute approximate surface area is 214 Å². The lowest BCUT2D eigenvalue weighted by molar-refractivity contribution is -0.223. The van der Waals surface area contributed by atoms with E-state index >= 15 is 0 Å². The molecule has 36 heavy (non-hydrogen) atoms. The zero-order chi connectivity index (χ0) is 26.6. The summed E-state index contributed by atoms with van der Waals surface area (Å²) in [7, 11) is 0. The second-order valence-electron chi connectivity index (χ2n) is 13.2. The van der Waals surface area contributed by atoms with Crippen LogP contribution in [0.2, 0.25) is 0 Å². The summed E-state index contributed by atoms with van der Waals surface area (Å²) in [6, 6.07) is -1.30. The largest absolute Gasteiger partial charge is 0.480 e. The molecule has 4 saturated carbocycles. The van der Waals surface area contributed by atoms with Crippen LogP contribution < -0.4 is 5.32 Å². The minimum atomic E-state index is -1.30. The highest BCUT2D eigenvalue weighted by Crippen LogP contribution is 2.68. The van der Waals surface area contributed by atoms with Crippen molar-refractivity contribution in [1.82, 2.24) is 5.32 Å². The van der Waals surface area contributed by atoms with E-state index in [1.54, 1.807) is 0 Å². The smallest absolute Gasteiger partial charge is 0.328 e. The van der Waals surface area contributed by atoms with Gasteiger partial charge in [-0.1, -0.05) is 20.8 Å². The van der Waals surface area contributed by atoms with E-state index in [1.807, 2.05) is 0 Å². The molecule has 0 aliphatic heterocycles. The molecule has 0 heterocycles. The Balaban J connectivity index is 1.44. The first kappa shape index (κ1) is 27.8. The van der Waals surface area contributed by atoms with Crippen molar-refractivity contribution < 1.29 is 35.1 Å². The van der Waals surface area contributed by atoms with Crippen LogP contribution in [-0.4, -0.2) is 67.9 Å². The first-order valence-electron chi connectivity index (χ1n) is 14.1. The second-order valence-corrected chi connectivity index (χ2v) is 13.2. The molecule has 0 aromatic rings. The van der Waals surface area contributed by atoms with Crippen LogP contribution in [0.5, 0.6) is 0 Å². The number of carboxylic acids is 1. The summed E-state index contributed by atoms with van der Waals surface area (Å²) in [5, 5.41) is 54.2. The fourth-order valence-electron chi connectivity index (χ4n) is 9.41. The SMILES string of the molecule is CC(O)[C@H](NC(=O)CC[C@@H](C)[C@H]1CC[C@H]2[C@@H]3[C@H](O)[C@H](O)[C@@H]4C[C@H](O)CC[C@]4(C)[C@H]3CC[C@]12C)C(=O)O. The molecule has 13 atom stereocenters. The van der Waals surface area contributed by atoms with Crippen LogP contribution in [0.1, 0.15) is 85.5 Å². The fraction of sp³-hybridized carbons (Fsp3) is 0.929. The van der Waals surface area contributed by atoms with Crippen molar-refractivity contribution in [2.45, 2.75) is 116 Å². The third kappa shape index (κ3) is 4.61. The number of amides is 1. The minimum absolute atomic E-state index is 0.0261. The van der Waals surface area contributed by atoms with Gasteiger partial charge < -0.3 is 30.8 Å². The molecule has 4 fully saturated rings. The molecule has 6 N–H and O–H groups in total. The van der Waals surface area contributed by atoms with Gasteiger partial charge >= 0.3 is 5.97 Å². The first-order valence-corrected chi connectivity index (χ1v) is 14.1. The Morgan fingerprint density at radius 1 is 0.917 bits per heavy atom. The van der Waals surface area contributed by atoms with Crippen LogP contribution in [0.4, 0.5) is 0 Å². The third-order valence-corrected chi connectivity index (χ3v) is 11.4. The van der Waals surface area contributed by atoms with Gasteiger partial charge in [-0.3, -0.25) is 4.79 Å². The summed E-state index contributed by atoms with van der Waals surface area (Å²) in [4.78, 5) is 23.7. The van der Waals surface area contributed by atoms with Crippen LogP contribution in [0.3, 0.4) is 0 Å². The highest BCUT2D eigenvalue weighted by molar-refractivity contribution is 5.83. The van der Waals surface area contributed by atoms with E-state index < -0.39 is 36.4 Å². The van der Waals surface area contributed by atoms with E-state index in [4.69, 9.17) is 0 Å². The minimum Gasteiger partial charge on any atom is -0.480 e. The lowest BCUT2D eigenvalue weighted by Crippen LogP contribution is -2.64. The van der Waals surface area contributed by atoms with Gasteiger partial charge in [0.1, 0.15) is 0 Å². The maximum atomic E-state index is 12.4. The molecule has 4 aliphatic rings. The van der Waals surface area contributed by atoms with Crippen molar-refractivity contribution in [2.24, 2.45) is 46.3 Å². The first-order chi connectivity index (χ1) is 16.8. The summed E-state index contributed by atoms with van der Waals surface area (Å²) in [6.45, 7) is 8.15. The standard InChI is InChI=1S/C28H47NO7/c1-14(5-8-21(32)29-23(15(2)30)26(35)36)17-6-7-18-22-19(10-12-27(17,18)3)28(4)11-9-16(31)13-20(28)24(33)25(22)34/h14-20,22-25,30-31,33-34H,5-13H2,1-4H3,(H,29,32)(H,35,36)/t14-,15?,16-,17-,18+,19+,20+,22+,23+,24-,25+,27-,28-/m1/s1. The fourth-order valence-corrected chi connectivity index (χ4v) is 9.41. The number of rotatable bonds is 7. The van der Waals surface area contributed by atoms with Gasteiger partial charge in [-0.05, 0) is 105 Å². The highest BCUT2D eigenvalue weighted by Gasteiger charge is 2.65. The van der Waals surface area contributed by atoms with Crippen LogP contribution in [0.25, 0.3) is 0 Å². The van der Waals surface area contributed by atoms with Gasteiger partial charge in [0.15, 0.2) is 6.04 Å². The molecule has 0 radical (unpaired) electrons. The lowest BCUT2D eigenvalue weighted by Gasteiger charge is -2.63. The number of hydrogen-bond acceptors (Lipinski definition) is 6. The van der Waals surface area contributed by atoms with Gasteiger partial charge in [-0.15, -0.1) is 0 Å². The number of carbonyl (C=O) groups is 2. The monoisotopic (exact) mass is 509 g/mol. The van der Waals surface area contributed by atoms with Crippen LogP contribution in [-0.2, 0) is 9.59 Å².